The van der Waals surface area contributed by atoms with E-state index in [9.17, 15) is 0 Å². The van der Waals surface area contributed by atoms with Crippen molar-refractivity contribution in [2.75, 3.05) is 18.0 Å². The second kappa shape index (κ2) is 5.48. The van der Waals surface area contributed by atoms with Gasteiger partial charge in [-0.05, 0) is 38.7 Å². The number of aromatic amines is 1. The van der Waals surface area contributed by atoms with Crippen LogP contribution in [0.3, 0.4) is 0 Å². The van der Waals surface area contributed by atoms with Crippen LogP contribution in [0.25, 0.3) is 11.5 Å². The standard InChI is InChI=1S/C14H23N7/c1-9-8-12(20(3)19-9)13-16-14(18-17-13)21-6-4-11(5-7-21)10(2)15/h8,10-11H,4-7,15H2,1-3H3,(H,16,17,18). The number of hydrogen-bond donors (Lipinski definition) is 2. The lowest BCUT2D eigenvalue weighted by atomic mass is 9.91. The number of aryl methyl sites for hydroxylation is 2. The number of nitrogens with zero attached hydrogens (tertiary/aromatic N) is 5. The second-order valence-electron chi connectivity index (χ2n) is 5.96. The Morgan fingerprint density at radius 2 is 2.10 bits per heavy atom. The summed E-state index contributed by atoms with van der Waals surface area (Å²) >= 11 is 0. The Balaban J connectivity index is 1.73. The number of anilines is 1. The van der Waals surface area contributed by atoms with Gasteiger partial charge in [0.25, 0.3) is 0 Å². The largest absolute Gasteiger partial charge is 0.340 e. The summed E-state index contributed by atoms with van der Waals surface area (Å²) in [4.78, 5) is 6.84. The molecule has 0 bridgehead atoms. The zero-order chi connectivity index (χ0) is 15.0. The van der Waals surface area contributed by atoms with Crippen LogP contribution in [0.5, 0.6) is 0 Å². The highest BCUT2D eigenvalue weighted by atomic mass is 15.4. The highest BCUT2D eigenvalue weighted by Crippen LogP contribution is 2.24. The predicted molar refractivity (Wildman–Crippen MR) is 81.9 cm³/mol. The molecule has 0 amide bonds. The third kappa shape index (κ3) is 2.78. The van der Waals surface area contributed by atoms with Gasteiger partial charge in [-0.15, -0.1) is 5.10 Å². The third-order valence-electron chi connectivity index (χ3n) is 4.28. The molecular weight excluding hydrogens is 266 g/mol. The van der Waals surface area contributed by atoms with Crippen molar-refractivity contribution < 1.29 is 0 Å². The van der Waals surface area contributed by atoms with Gasteiger partial charge in [0.1, 0.15) is 5.69 Å². The lowest BCUT2D eigenvalue weighted by Gasteiger charge is -2.32. The molecule has 0 spiro atoms. The second-order valence-corrected chi connectivity index (χ2v) is 5.96. The lowest BCUT2D eigenvalue weighted by Crippen LogP contribution is -2.40. The van der Waals surface area contributed by atoms with Crippen LogP contribution in [0.4, 0.5) is 5.95 Å². The minimum absolute atomic E-state index is 0.271. The number of hydrogen-bond acceptors (Lipinski definition) is 5. The Morgan fingerprint density at radius 3 is 2.67 bits per heavy atom. The van der Waals surface area contributed by atoms with Crippen molar-refractivity contribution in [1.82, 2.24) is 25.0 Å². The van der Waals surface area contributed by atoms with Crippen LogP contribution in [0.15, 0.2) is 6.07 Å². The van der Waals surface area contributed by atoms with Crippen LogP contribution in [-0.2, 0) is 7.05 Å². The fourth-order valence-corrected chi connectivity index (χ4v) is 2.97. The quantitative estimate of drug-likeness (QED) is 0.882. The molecule has 1 atom stereocenters. The van der Waals surface area contributed by atoms with Crippen molar-refractivity contribution in [3.63, 3.8) is 0 Å². The number of nitrogens with two attached hydrogens (primary N) is 1. The number of aromatic nitrogens is 5. The maximum Gasteiger partial charge on any atom is 0.245 e. The maximum atomic E-state index is 5.98. The summed E-state index contributed by atoms with van der Waals surface area (Å²) in [5.74, 6) is 2.15. The smallest absolute Gasteiger partial charge is 0.245 e. The summed E-state index contributed by atoms with van der Waals surface area (Å²) in [6.07, 6.45) is 2.21. The first-order valence-electron chi connectivity index (χ1n) is 7.48. The molecule has 1 unspecified atom stereocenters. The Hall–Kier alpha value is -1.89. The van der Waals surface area contributed by atoms with Crippen LogP contribution in [0, 0.1) is 12.8 Å². The highest BCUT2D eigenvalue weighted by molar-refractivity contribution is 5.52. The van der Waals surface area contributed by atoms with Gasteiger partial charge in [0.05, 0.1) is 5.69 Å². The molecular formula is C14H23N7. The number of piperidine rings is 1. The molecule has 114 valence electrons. The van der Waals surface area contributed by atoms with E-state index in [-0.39, 0.29) is 6.04 Å². The van der Waals surface area contributed by atoms with E-state index in [2.05, 4.69) is 32.1 Å². The minimum Gasteiger partial charge on any atom is -0.340 e. The van der Waals surface area contributed by atoms with Gasteiger partial charge >= 0.3 is 0 Å². The topological polar surface area (TPSA) is 88.7 Å². The maximum absolute atomic E-state index is 5.98. The van der Waals surface area contributed by atoms with Gasteiger partial charge in [0.15, 0.2) is 5.82 Å². The van der Waals surface area contributed by atoms with Crippen LogP contribution < -0.4 is 10.6 Å². The van der Waals surface area contributed by atoms with Crippen molar-refractivity contribution >= 4 is 5.95 Å². The van der Waals surface area contributed by atoms with E-state index in [1.165, 1.54) is 0 Å². The van der Waals surface area contributed by atoms with Gasteiger partial charge in [-0.2, -0.15) is 10.1 Å². The number of H-pyrrole nitrogens is 1. The summed E-state index contributed by atoms with van der Waals surface area (Å²) in [5.41, 5.74) is 7.92. The number of nitrogens with one attached hydrogen (secondary N) is 1. The van der Waals surface area contributed by atoms with Crippen LogP contribution in [0.1, 0.15) is 25.5 Å². The van der Waals surface area contributed by atoms with Gasteiger partial charge in [0, 0.05) is 26.2 Å². The van der Waals surface area contributed by atoms with E-state index < -0.39 is 0 Å². The summed E-state index contributed by atoms with van der Waals surface area (Å²) in [6, 6.07) is 2.28. The van der Waals surface area contributed by atoms with E-state index in [0.29, 0.717) is 5.92 Å². The third-order valence-corrected chi connectivity index (χ3v) is 4.28. The Labute approximate surface area is 124 Å². The van der Waals surface area contributed by atoms with Crippen LogP contribution in [0.2, 0.25) is 0 Å². The van der Waals surface area contributed by atoms with Gasteiger partial charge in [-0.3, -0.25) is 9.78 Å². The van der Waals surface area contributed by atoms with Crippen molar-refractivity contribution in [2.45, 2.75) is 32.7 Å². The zero-order valence-electron chi connectivity index (χ0n) is 12.9. The Morgan fingerprint density at radius 1 is 1.38 bits per heavy atom. The molecule has 1 aliphatic heterocycles. The molecule has 7 nitrogen and oxygen atoms in total. The van der Waals surface area contributed by atoms with Gasteiger partial charge in [-0.25, -0.2) is 0 Å². The molecule has 7 heteroatoms. The predicted octanol–water partition coefficient (Wildman–Crippen LogP) is 1.08. The molecule has 2 aromatic rings. The zero-order valence-corrected chi connectivity index (χ0v) is 12.9. The van der Waals surface area contributed by atoms with Crippen molar-refractivity contribution in [2.24, 2.45) is 18.7 Å². The van der Waals surface area contributed by atoms with Gasteiger partial charge < -0.3 is 10.6 Å². The molecule has 1 fully saturated rings. The highest BCUT2D eigenvalue weighted by Gasteiger charge is 2.24. The molecule has 0 radical (unpaired) electrons. The van der Waals surface area contributed by atoms with Crippen molar-refractivity contribution in [1.29, 1.82) is 0 Å². The monoisotopic (exact) mass is 289 g/mol. The summed E-state index contributed by atoms with van der Waals surface area (Å²) < 4.78 is 1.82. The number of rotatable bonds is 3. The van der Waals surface area contributed by atoms with Gasteiger partial charge in [0.2, 0.25) is 5.95 Å². The SMILES string of the molecule is Cc1cc(-c2nc(N3CCC(C(C)N)CC3)n[nH]2)n(C)n1. The molecule has 0 aromatic carbocycles. The van der Waals surface area contributed by atoms with Crippen LogP contribution >= 0.6 is 0 Å². The van der Waals surface area contributed by atoms with Crippen molar-refractivity contribution in [3.8, 4) is 11.5 Å². The van der Waals surface area contributed by atoms with E-state index in [1.807, 2.05) is 24.7 Å². The molecule has 3 rings (SSSR count). The average Bonchev–Trinajstić information content (AvgIpc) is 3.05. The fourth-order valence-electron chi connectivity index (χ4n) is 2.97. The van der Waals surface area contributed by atoms with E-state index >= 15 is 0 Å². The average molecular weight is 289 g/mol. The molecule has 0 saturated carbocycles. The van der Waals surface area contributed by atoms with E-state index in [0.717, 1.165) is 49.1 Å². The summed E-state index contributed by atoms with van der Waals surface area (Å²) in [5, 5.41) is 11.7. The minimum atomic E-state index is 0.271. The molecule has 3 N–H and O–H groups in total. The fraction of sp³-hybridized carbons (Fsp3) is 0.643. The molecule has 3 heterocycles. The molecule has 1 saturated heterocycles. The van der Waals surface area contributed by atoms with E-state index in [1.54, 1.807) is 0 Å². The molecule has 1 aliphatic rings. The first-order chi connectivity index (χ1) is 10.0. The lowest BCUT2D eigenvalue weighted by molar-refractivity contribution is 0.352. The Kier molecular flexibility index (Phi) is 3.67. The summed E-state index contributed by atoms with van der Waals surface area (Å²) in [7, 11) is 1.92. The van der Waals surface area contributed by atoms with Crippen molar-refractivity contribution in [3.05, 3.63) is 11.8 Å². The first-order valence-corrected chi connectivity index (χ1v) is 7.48. The molecule has 0 aliphatic carbocycles. The van der Waals surface area contributed by atoms with E-state index in [4.69, 9.17) is 5.73 Å². The first kappa shape index (κ1) is 14.1. The molecule has 2 aromatic heterocycles. The summed E-state index contributed by atoms with van der Waals surface area (Å²) in [6.45, 7) is 6.00. The van der Waals surface area contributed by atoms with Crippen LogP contribution in [-0.4, -0.2) is 44.1 Å². The van der Waals surface area contributed by atoms with Gasteiger partial charge in [-0.1, -0.05) is 0 Å². The Bertz CT molecular complexity index is 605. The molecule has 21 heavy (non-hydrogen) atoms. The normalized spacial score (nSPS) is 18.2.